The van der Waals surface area contributed by atoms with Gasteiger partial charge >= 0.3 is 5.69 Å². The van der Waals surface area contributed by atoms with Gasteiger partial charge in [0.1, 0.15) is 17.3 Å². The third-order valence-electron chi connectivity index (χ3n) is 3.76. The highest BCUT2D eigenvalue weighted by atomic mass is 32.2. The van der Waals surface area contributed by atoms with Crippen LogP contribution in [-0.2, 0) is 0 Å². The van der Waals surface area contributed by atoms with Gasteiger partial charge in [-0.1, -0.05) is 0 Å². The molecular formula is C15H15F2N3O2S. The molecule has 2 aromatic rings. The maximum absolute atomic E-state index is 13.9. The van der Waals surface area contributed by atoms with Gasteiger partial charge in [0.05, 0.1) is 0 Å². The molecule has 0 aliphatic carbocycles. The van der Waals surface area contributed by atoms with Crippen molar-refractivity contribution in [2.45, 2.75) is 11.7 Å². The van der Waals surface area contributed by atoms with E-state index in [2.05, 4.69) is 9.97 Å². The van der Waals surface area contributed by atoms with Gasteiger partial charge in [0.25, 0.3) is 5.91 Å². The summed E-state index contributed by atoms with van der Waals surface area (Å²) in [6.45, 7) is 0.907. The van der Waals surface area contributed by atoms with Crippen LogP contribution < -0.4 is 5.69 Å². The molecule has 1 amide bonds. The maximum atomic E-state index is 13.9. The molecule has 1 aliphatic heterocycles. The SMILES string of the molecule is O=C(c1c[nH]c(=O)[nH]1)N1CCSC(c2cc(F)ccc2F)CC1. The van der Waals surface area contributed by atoms with Gasteiger partial charge < -0.3 is 14.9 Å². The Kier molecular flexibility index (Phi) is 4.51. The lowest BCUT2D eigenvalue weighted by Crippen LogP contribution is -2.33. The summed E-state index contributed by atoms with van der Waals surface area (Å²) < 4.78 is 27.3. The number of imidazole rings is 1. The number of nitrogens with zero attached hydrogens (tertiary/aromatic N) is 1. The van der Waals surface area contributed by atoms with Gasteiger partial charge in [-0.05, 0) is 24.6 Å². The lowest BCUT2D eigenvalue weighted by atomic mass is 10.1. The maximum Gasteiger partial charge on any atom is 0.323 e. The number of benzene rings is 1. The summed E-state index contributed by atoms with van der Waals surface area (Å²) >= 11 is 1.50. The summed E-state index contributed by atoms with van der Waals surface area (Å²) in [6, 6.07) is 3.44. The molecule has 8 heteroatoms. The molecule has 1 atom stereocenters. The molecule has 5 nitrogen and oxygen atoms in total. The predicted octanol–water partition coefficient (Wildman–Crippen LogP) is 2.30. The van der Waals surface area contributed by atoms with E-state index in [1.54, 1.807) is 4.90 Å². The third-order valence-corrected chi connectivity index (χ3v) is 5.07. The number of rotatable bonds is 2. The van der Waals surface area contributed by atoms with Gasteiger partial charge in [-0.25, -0.2) is 13.6 Å². The van der Waals surface area contributed by atoms with E-state index in [9.17, 15) is 18.4 Å². The number of nitrogens with one attached hydrogen (secondary N) is 2. The summed E-state index contributed by atoms with van der Waals surface area (Å²) in [5.74, 6) is -0.562. The Morgan fingerprint density at radius 3 is 2.87 bits per heavy atom. The van der Waals surface area contributed by atoms with Crippen LogP contribution in [0.5, 0.6) is 0 Å². The van der Waals surface area contributed by atoms with E-state index in [0.29, 0.717) is 30.8 Å². The lowest BCUT2D eigenvalue weighted by Gasteiger charge is -2.19. The summed E-state index contributed by atoms with van der Waals surface area (Å²) in [7, 11) is 0. The zero-order valence-corrected chi connectivity index (χ0v) is 13.0. The zero-order chi connectivity index (χ0) is 16.4. The van der Waals surface area contributed by atoms with Crippen molar-refractivity contribution in [3.63, 3.8) is 0 Å². The molecule has 0 bridgehead atoms. The van der Waals surface area contributed by atoms with Crippen LogP contribution in [0, 0.1) is 11.6 Å². The fraction of sp³-hybridized carbons (Fsp3) is 0.333. The molecule has 1 aliphatic rings. The minimum absolute atomic E-state index is 0.200. The molecule has 1 aromatic carbocycles. The number of H-pyrrole nitrogens is 2. The number of amides is 1. The molecule has 2 N–H and O–H groups in total. The second-order valence-corrected chi connectivity index (χ2v) is 6.57. The zero-order valence-electron chi connectivity index (χ0n) is 12.1. The Hall–Kier alpha value is -2.09. The summed E-state index contributed by atoms with van der Waals surface area (Å²) in [5, 5.41) is -0.200. The number of halogens is 2. The first kappa shape index (κ1) is 15.8. The van der Waals surface area contributed by atoms with Gasteiger partial charge in [-0.15, -0.1) is 0 Å². The van der Waals surface area contributed by atoms with Crippen molar-refractivity contribution in [1.29, 1.82) is 0 Å². The van der Waals surface area contributed by atoms with Crippen molar-refractivity contribution in [3.8, 4) is 0 Å². The number of hydrogen-bond donors (Lipinski definition) is 2. The molecule has 23 heavy (non-hydrogen) atoms. The first-order chi connectivity index (χ1) is 11.0. The largest absolute Gasteiger partial charge is 0.336 e. The molecule has 0 spiro atoms. The minimum atomic E-state index is -0.468. The van der Waals surface area contributed by atoms with E-state index in [-0.39, 0.29) is 16.9 Å². The fourth-order valence-electron chi connectivity index (χ4n) is 2.60. The highest BCUT2D eigenvalue weighted by Gasteiger charge is 2.25. The number of aromatic nitrogens is 2. The topological polar surface area (TPSA) is 69.0 Å². The average molecular weight is 339 g/mol. The first-order valence-corrected chi connectivity index (χ1v) is 8.23. The monoisotopic (exact) mass is 339 g/mol. The molecule has 1 aromatic heterocycles. The molecular weight excluding hydrogens is 324 g/mol. The van der Waals surface area contributed by atoms with Gasteiger partial charge in [0.2, 0.25) is 0 Å². The van der Waals surface area contributed by atoms with Crippen molar-refractivity contribution < 1.29 is 13.6 Å². The normalized spacial score (nSPS) is 18.7. The Bertz CT molecular complexity index is 774. The fourth-order valence-corrected chi connectivity index (χ4v) is 3.84. The van der Waals surface area contributed by atoms with Gasteiger partial charge in [-0.2, -0.15) is 11.8 Å². The van der Waals surface area contributed by atoms with Crippen molar-refractivity contribution in [2.24, 2.45) is 0 Å². The molecule has 1 saturated heterocycles. The van der Waals surface area contributed by atoms with Crippen LogP contribution in [0.3, 0.4) is 0 Å². The molecule has 3 rings (SSSR count). The van der Waals surface area contributed by atoms with E-state index < -0.39 is 17.3 Å². The van der Waals surface area contributed by atoms with E-state index >= 15 is 0 Å². The first-order valence-electron chi connectivity index (χ1n) is 7.18. The van der Waals surface area contributed by atoms with Crippen LogP contribution in [0.25, 0.3) is 0 Å². The number of aromatic amines is 2. The predicted molar refractivity (Wildman–Crippen MR) is 83.5 cm³/mol. The summed E-state index contributed by atoms with van der Waals surface area (Å²) in [4.78, 5) is 29.9. The summed E-state index contributed by atoms with van der Waals surface area (Å²) in [6.07, 6.45) is 1.86. The van der Waals surface area contributed by atoms with Crippen molar-refractivity contribution in [3.05, 3.63) is 57.8 Å². The smallest absolute Gasteiger partial charge is 0.323 e. The minimum Gasteiger partial charge on any atom is -0.336 e. The third kappa shape index (κ3) is 3.47. The van der Waals surface area contributed by atoms with Crippen LogP contribution in [0.2, 0.25) is 0 Å². The Balaban J connectivity index is 1.73. The van der Waals surface area contributed by atoms with Crippen molar-refractivity contribution >= 4 is 17.7 Å². The molecule has 122 valence electrons. The molecule has 2 heterocycles. The van der Waals surface area contributed by atoms with Gasteiger partial charge in [0.15, 0.2) is 0 Å². The standard InChI is InChI=1S/C15H15F2N3O2S/c16-9-1-2-11(17)10(7-9)13-3-4-20(5-6-23-13)14(21)12-8-18-15(22)19-12/h1-2,7-8,13H,3-6H2,(H2,18,19,22). The van der Waals surface area contributed by atoms with Crippen molar-refractivity contribution in [2.75, 3.05) is 18.8 Å². The van der Waals surface area contributed by atoms with E-state index in [4.69, 9.17) is 0 Å². The van der Waals surface area contributed by atoms with E-state index in [1.165, 1.54) is 24.0 Å². The number of thioether (sulfide) groups is 1. The van der Waals surface area contributed by atoms with Crippen LogP contribution in [0.15, 0.2) is 29.2 Å². The molecule has 0 saturated carbocycles. The second-order valence-electron chi connectivity index (χ2n) is 5.26. The Morgan fingerprint density at radius 2 is 2.13 bits per heavy atom. The summed E-state index contributed by atoms with van der Waals surface area (Å²) in [5.41, 5.74) is 0.104. The van der Waals surface area contributed by atoms with Crippen LogP contribution in [0.4, 0.5) is 8.78 Å². The number of carbonyl (C=O) groups excluding carboxylic acids is 1. The number of carbonyl (C=O) groups is 1. The quantitative estimate of drug-likeness (QED) is 0.882. The highest BCUT2D eigenvalue weighted by molar-refractivity contribution is 7.99. The molecule has 1 fully saturated rings. The second kappa shape index (κ2) is 6.57. The van der Waals surface area contributed by atoms with Crippen LogP contribution in [-0.4, -0.2) is 39.6 Å². The lowest BCUT2D eigenvalue weighted by molar-refractivity contribution is 0.0761. The highest BCUT2D eigenvalue weighted by Crippen LogP contribution is 2.36. The molecule has 0 radical (unpaired) electrons. The Labute approximate surface area is 135 Å². The average Bonchev–Trinajstić information content (AvgIpc) is 2.82. The van der Waals surface area contributed by atoms with Gasteiger partial charge in [0, 0.05) is 35.9 Å². The van der Waals surface area contributed by atoms with E-state index in [0.717, 1.165) is 12.1 Å². The molecule has 1 unspecified atom stereocenters. The Morgan fingerprint density at radius 1 is 1.30 bits per heavy atom. The van der Waals surface area contributed by atoms with E-state index in [1.807, 2.05) is 0 Å². The van der Waals surface area contributed by atoms with Crippen LogP contribution in [0.1, 0.15) is 27.7 Å². The van der Waals surface area contributed by atoms with Gasteiger partial charge in [-0.3, -0.25) is 4.79 Å². The van der Waals surface area contributed by atoms with Crippen molar-refractivity contribution in [1.82, 2.24) is 14.9 Å². The number of hydrogen-bond acceptors (Lipinski definition) is 3. The van der Waals surface area contributed by atoms with Crippen LogP contribution >= 0.6 is 11.8 Å².